The summed E-state index contributed by atoms with van der Waals surface area (Å²) < 4.78 is 9.44. The summed E-state index contributed by atoms with van der Waals surface area (Å²) in [5.41, 5.74) is 0.779. The van der Waals surface area contributed by atoms with Gasteiger partial charge in [-0.1, -0.05) is 0 Å². The van der Waals surface area contributed by atoms with Crippen molar-refractivity contribution < 1.29 is 14.3 Å². The molecule has 1 N–H and O–H groups in total. The van der Waals surface area contributed by atoms with Crippen molar-refractivity contribution in [1.82, 2.24) is 20.2 Å². The molecule has 0 radical (unpaired) electrons. The van der Waals surface area contributed by atoms with E-state index in [4.69, 9.17) is 4.74 Å². The average Bonchev–Trinajstić information content (AvgIpc) is 2.87. The van der Waals surface area contributed by atoms with Crippen molar-refractivity contribution in [2.75, 3.05) is 14.2 Å². The van der Waals surface area contributed by atoms with E-state index in [1.54, 1.807) is 12.1 Å². The highest BCUT2D eigenvalue weighted by Crippen LogP contribution is 2.14. The van der Waals surface area contributed by atoms with E-state index in [0.717, 1.165) is 0 Å². The van der Waals surface area contributed by atoms with Crippen LogP contribution in [0.3, 0.4) is 0 Å². The summed E-state index contributed by atoms with van der Waals surface area (Å²) in [5.74, 6) is 0.374. The van der Waals surface area contributed by atoms with Crippen molar-refractivity contribution in [2.24, 2.45) is 0 Å². The second-order valence-corrected chi connectivity index (χ2v) is 3.10. The maximum atomic E-state index is 11.2. The fraction of sp³-hybridized carbons (Fsp3) is 0.200. The maximum Gasteiger partial charge on any atom is 0.356 e. The average molecular weight is 234 g/mol. The van der Waals surface area contributed by atoms with Crippen molar-refractivity contribution in [2.45, 2.75) is 0 Å². The molecule has 2 rings (SSSR count). The van der Waals surface area contributed by atoms with Gasteiger partial charge in [-0.25, -0.2) is 9.78 Å². The molecule has 0 atom stereocenters. The summed E-state index contributed by atoms with van der Waals surface area (Å²) in [6, 6.07) is 3.34. The normalized spacial score (nSPS) is 10.0. The number of nitrogens with zero attached hydrogens (tertiary/aromatic N) is 3. The van der Waals surface area contributed by atoms with E-state index in [-0.39, 0.29) is 5.69 Å². The van der Waals surface area contributed by atoms with Crippen LogP contribution in [-0.2, 0) is 4.74 Å². The van der Waals surface area contributed by atoms with Gasteiger partial charge in [-0.3, -0.25) is 0 Å². The van der Waals surface area contributed by atoms with Crippen molar-refractivity contribution in [3.05, 3.63) is 24.0 Å². The number of hydrogen-bond acceptors (Lipinski definition) is 6. The Morgan fingerprint density at radius 2 is 2.12 bits per heavy atom. The number of imidazole rings is 1. The second kappa shape index (κ2) is 4.60. The number of nitrogens with one attached hydrogen (secondary N) is 1. The van der Waals surface area contributed by atoms with Crippen LogP contribution in [-0.4, -0.2) is 40.4 Å². The predicted molar refractivity (Wildman–Crippen MR) is 57.5 cm³/mol. The number of hydrogen-bond donors (Lipinski definition) is 1. The van der Waals surface area contributed by atoms with Gasteiger partial charge in [0.2, 0.25) is 5.88 Å². The molecule has 7 nitrogen and oxygen atoms in total. The molecule has 0 saturated carbocycles. The zero-order chi connectivity index (χ0) is 12.3. The summed E-state index contributed by atoms with van der Waals surface area (Å²) in [7, 11) is 2.81. The Labute approximate surface area is 96.8 Å². The van der Waals surface area contributed by atoms with E-state index < -0.39 is 5.97 Å². The SMILES string of the molecule is COC(=O)c1cnc(-c2ccc(OC)nn2)[nH]1. The van der Waals surface area contributed by atoms with E-state index in [2.05, 4.69) is 24.9 Å². The molecule has 88 valence electrons. The first-order valence-electron chi connectivity index (χ1n) is 4.76. The van der Waals surface area contributed by atoms with Crippen molar-refractivity contribution in [3.8, 4) is 17.4 Å². The van der Waals surface area contributed by atoms with Crippen LogP contribution >= 0.6 is 0 Å². The molecule has 0 aromatic carbocycles. The van der Waals surface area contributed by atoms with Crippen molar-refractivity contribution in [3.63, 3.8) is 0 Å². The smallest absolute Gasteiger partial charge is 0.356 e. The van der Waals surface area contributed by atoms with Gasteiger partial charge in [-0.15, -0.1) is 10.2 Å². The Morgan fingerprint density at radius 1 is 1.29 bits per heavy atom. The number of carbonyl (C=O) groups excluding carboxylic acids is 1. The van der Waals surface area contributed by atoms with E-state index in [0.29, 0.717) is 17.4 Å². The lowest BCUT2D eigenvalue weighted by molar-refractivity contribution is 0.0595. The minimum atomic E-state index is -0.481. The molecule has 2 heterocycles. The van der Waals surface area contributed by atoms with E-state index in [1.165, 1.54) is 20.4 Å². The third-order valence-electron chi connectivity index (χ3n) is 2.07. The first kappa shape index (κ1) is 11.1. The highest BCUT2D eigenvalue weighted by molar-refractivity contribution is 5.87. The third kappa shape index (κ3) is 2.22. The molecule has 7 heteroatoms. The zero-order valence-electron chi connectivity index (χ0n) is 9.30. The summed E-state index contributed by atoms with van der Waals surface area (Å²) >= 11 is 0. The molecule has 17 heavy (non-hydrogen) atoms. The molecular formula is C10H10N4O3. The Morgan fingerprint density at radius 3 is 2.71 bits per heavy atom. The van der Waals surface area contributed by atoms with Crippen molar-refractivity contribution in [1.29, 1.82) is 0 Å². The number of methoxy groups -OCH3 is 2. The highest BCUT2D eigenvalue weighted by Gasteiger charge is 2.11. The van der Waals surface area contributed by atoms with Gasteiger partial charge in [0.25, 0.3) is 0 Å². The van der Waals surface area contributed by atoms with E-state index in [1.807, 2.05) is 0 Å². The lowest BCUT2D eigenvalue weighted by Crippen LogP contribution is -2.01. The monoisotopic (exact) mass is 234 g/mol. The van der Waals surface area contributed by atoms with Crippen molar-refractivity contribution >= 4 is 5.97 Å². The Hall–Kier alpha value is -2.44. The molecular weight excluding hydrogens is 224 g/mol. The molecule has 0 unspecified atom stereocenters. The van der Waals surface area contributed by atoms with Crippen LogP contribution in [0.25, 0.3) is 11.5 Å². The molecule has 0 bridgehead atoms. The second-order valence-electron chi connectivity index (χ2n) is 3.10. The summed E-state index contributed by atoms with van der Waals surface area (Å²) in [5, 5.41) is 7.70. The molecule has 0 aliphatic carbocycles. The summed E-state index contributed by atoms with van der Waals surface area (Å²) in [4.78, 5) is 18.0. The fourth-order valence-corrected chi connectivity index (χ4v) is 1.22. The van der Waals surface area contributed by atoms with Crippen LogP contribution in [0, 0.1) is 0 Å². The number of esters is 1. The van der Waals surface area contributed by atoms with Gasteiger partial charge in [-0.2, -0.15) is 0 Å². The highest BCUT2D eigenvalue weighted by atomic mass is 16.5. The van der Waals surface area contributed by atoms with Crippen LogP contribution in [0.15, 0.2) is 18.3 Å². The topological polar surface area (TPSA) is 90.0 Å². The van der Waals surface area contributed by atoms with Gasteiger partial charge < -0.3 is 14.5 Å². The van der Waals surface area contributed by atoms with Crippen LogP contribution in [0.2, 0.25) is 0 Å². The molecule has 0 aliphatic rings. The van der Waals surface area contributed by atoms with E-state index in [9.17, 15) is 4.79 Å². The first-order chi connectivity index (χ1) is 8.24. The van der Waals surface area contributed by atoms with Gasteiger partial charge in [0.1, 0.15) is 11.4 Å². The summed E-state index contributed by atoms with van der Waals surface area (Å²) in [6.45, 7) is 0. The quantitative estimate of drug-likeness (QED) is 0.784. The largest absolute Gasteiger partial charge is 0.480 e. The molecule has 2 aromatic rings. The zero-order valence-corrected chi connectivity index (χ0v) is 9.30. The number of aromatic nitrogens is 4. The standard InChI is InChI=1S/C10H10N4O3/c1-16-8-4-3-6(13-14-8)9-11-5-7(12-9)10(15)17-2/h3-5H,1-2H3,(H,11,12). The van der Waals surface area contributed by atoms with E-state index >= 15 is 0 Å². The van der Waals surface area contributed by atoms with Gasteiger partial charge >= 0.3 is 5.97 Å². The molecule has 0 aliphatic heterocycles. The minimum Gasteiger partial charge on any atom is -0.480 e. The molecule has 0 amide bonds. The summed E-state index contributed by atoms with van der Waals surface area (Å²) in [6.07, 6.45) is 1.38. The molecule has 0 spiro atoms. The lowest BCUT2D eigenvalue weighted by Gasteiger charge is -1.98. The van der Waals surface area contributed by atoms with Crippen LogP contribution in [0.4, 0.5) is 0 Å². The van der Waals surface area contributed by atoms with Crippen LogP contribution in [0.5, 0.6) is 5.88 Å². The van der Waals surface area contributed by atoms with Gasteiger partial charge in [0.05, 0.1) is 20.4 Å². The Bertz CT molecular complexity index is 521. The maximum absolute atomic E-state index is 11.2. The molecule has 0 fully saturated rings. The Balaban J connectivity index is 2.27. The molecule has 0 saturated heterocycles. The minimum absolute atomic E-state index is 0.264. The lowest BCUT2D eigenvalue weighted by atomic mass is 10.4. The Kier molecular flexibility index (Phi) is 2.99. The number of H-pyrrole nitrogens is 1. The number of aromatic amines is 1. The fourth-order valence-electron chi connectivity index (χ4n) is 1.22. The number of ether oxygens (including phenoxy) is 2. The third-order valence-corrected chi connectivity index (χ3v) is 2.07. The number of carbonyl (C=O) groups is 1. The number of rotatable bonds is 3. The van der Waals surface area contributed by atoms with Crippen LogP contribution in [0.1, 0.15) is 10.5 Å². The first-order valence-corrected chi connectivity index (χ1v) is 4.76. The van der Waals surface area contributed by atoms with Gasteiger partial charge in [-0.05, 0) is 6.07 Å². The van der Waals surface area contributed by atoms with Gasteiger partial charge in [0, 0.05) is 6.07 Å². The molecule has 2 aromatic heterocycles. The van der Waals surface area contributed by atoms with Crippen LogP contribution < -0.4 is 4.74 Å². The van der Waals surface area contributed by atoms with Gasteiger partial charge in [0.15, 0.2) is 5.82 Å². The predicted octanol–water partition coefficient (Wildman–Crippen LogP) is 0.662.